The van der Waals surface area contributed by atoms with Gasteiger partial charge < -0.3 is 14.2 Å². The first kappa shape index (κ1) is 55.4. The van der Waals surface area contributed by atoms with E-state index in [9.17, 15) is 14.4 Å². The minimum Gasteiger partial charge on any atom is -0.462 e. The van der Waals surface area contributed by atoms with Gasteiger partial charge in [0, 0.05) is 19.3 Å². The summed E-state index contributed by atoms with van der Waals surface area (Å²) in [4.78, 5) is 37.9. The lowest BCUT2D eigenvalue weighted by Crippen LogP contribution is -2.30. The van der Waals surface area contributed by atoms with Crippen LogP contribution in [-0.2, 0) is 28.6 Å². The second-order valence-corrected chi connectivity index (χ2v) is 17.5. The molecule has 0 aromatic carbocycles. The zero-order valence-electron chi connectivity index (χ0n) is 38.6. The highest BCUT2D eigenvalue weighted by Gasteiger charge is 2.19. The van der Waals surface area contributed by atoms with Gasteiger partial charge in [-0.3, -0.25) is 14.4 Å². The summed E-state index contributed by atoms with van der Waals surface area (Å²) in [5, 5.41) is 0. The van der Waals surface area contributed by atoms with Crippen molar-refractivity contribution in [2.24, 2.45) is 0 Å². The molecular formula is C51H98O6. The molecule has 0 saturated heterocycles. The van der Waals surface area contributed by atoms with Crippen LogP contribution in [0.2, 0.25) is 0 Å². The van der Waals surface area contributed by atoms with Gasteiger partial charge in [-0.1, -0.05) is 252 Å². The summed E-state index contributed by atoms with van der Waals surface area (Å²) in [5.41, 5.74) is 0. The Morgan fingerprint density at radius 1 is 0.281 bits per heavy atom. The highest BCUT2D eigenvalue weighted by molar-refractivity contribution is 5.71. The number of rotatable bonds is 47. The zero-order chi connectivity index (χ0) is 41.5. The van der Waals surface area contributed by atoms with E-state index in [1.807, 2.05) is 0 Å². The minimum absolute atomic E-state index is 0.0619. The monoisotopic (exact) mass is 807 g/mol. The summed E-state index contributed by atoms with van der Waals surface area (Å²) in [6.45, 7) is 6.67. The quantitative estimate of drug-likeness (QED) is 0.0346. The molecular weight excluding hydrogens is 709 g/mol. The third-order valence-electron chi connectivity index (χ3n) is 11.6. The van der Waals surface area contributed by atoms with Crippen LogP contribution >= 0.6 is 0 Å². The van der Waals surface area contributed by atoms with Crippen LogP contribution in [0.3, 0.4) is 0 Å². The largest absolute Gasteiger partial charge is 0.462 e. The average Bonchev–Trinajstić information content (AvgIpc) is 3.21. The van der Waals surface area contributed by atoms with Crippen LogP contribution in [0.4, 0.5) is 0 Å². The Bertz CT molecular complexity index is 844. The maximum atomic E-state index is 12.7. The highest BCUT2D eigenvalue weighted by Crippen LogP contribution is 2.17. The van der Waals surface area contributed by atoms with Gasteiger partial charge >= 0.3 is 17.9 Å². The smallest absolute Gasteiger partial charge is 0.306 e. The topological polar surface area (TPSA) is 78.9 Å². The molecule has 0 aliphatic heterocycles. The molecule has 57 heavy (non-hydrogen) atoms. The maximum absolute atomic E-state index is 12.7. The number of carbonyl (C=O) groups excluding carboxylic acids is 3. The van der Waals surface area contributed by atoms with Crippen molar-refractivity contribution in [1.82, 2.24) is 0 Å². The van der Waals surface area contributed by atoms with Crippen LogP contribution in [0, 0.1) is 0 Å². The lowest BCUT2D eigenvalue weighted by Gasteiger charge is -2.18. The van der Waals surface area contributed by atoms with E-state index in [-0.39, 0.29) is 31.1 Å². The molecule has 0 heterocycles. The van der Waals surface area contributed by atoms with Crippen molar-refractivity contribution < 1.29 is 28.6 Å². The van der Waals surface area contributed by atoms with Crippen molar-refractivity contribution in [3.8, 4) is 0 Å². The maximum Gasteiger partial charge on any atom is 0.306 e. The van der Waals surface area contributed by atoms with Crippen molar-refractivity contribution >= 4 is 17.9 Å². The van der Waals surface area contributed by atoms with Crippen LogP contribution in [0.25, 0.3) is 0 Å². The van der Waals surface area contributed by atoms with Crippen molar-refractivity contribution in [1.29, 1.82) is 0 Å². The fourth-order valence-electron chi connectivity index (χ4n) is 7.74. The normalized spacial score (nSPS) is 11.8. The van der Waals surface area contributed by atoms with E-state index in [0.717, 1.165) is 57.8 Å². The van der Waals surface area contributed by atoms with Gasteiger partial charge in [-0.25, -0.2) is 0 Å². The standard InChI is InChI=1S/C51H98O6/c1-4-7-10-13-16-19-22-24-25-26-27-30-32-35-38-41-44-50(53)56-47-48(46-55-49(52)43-40-37-34-31-28-21-18-15-12-9-6-3)57-51(54)45-42-39-36-33-29-23-20-17-14-11-8-5-2/h48H,4-47H2,1-3H3. The van der Waals surface area contributed by atoms with Crippen LogP contribution in [-0.4, -0.2) is 37.2 Å². The first-order valence-electron chi connectivity index (χ1n) is 25.5. The Kier molecular flexibility index (Phi) is 45.8. The predicted molar refractivity (Wildman–Crippen MR) is 243 cm³/mol. The number of hydrogen-bond acceptors (Lipinski definition) is 6. The van der Waals surface area contributed by atoms with Gasteiger partial charge in [-0.2, -0.15) is 0 Å². The van der Waals surface area contributed by atoms with Crippen LogP contribution in [0.5, 0.6) is 0 Å². The van der Waals surface area contributed by atoms with Crippen molar-refractivity contribution in [2.45, 2.75) is 297 Å². The molecule has 0 amide bonds. The molecule has 6 nitrogen and oxygen atoms in total. The van der Waals surface area contributed by atoms with Gasteiger partial charge in [-0.05, 0) is 19.3 Å². The summed E-state index contributed by atoms with van der Waals surface area (Å²) in [5.74, 6) is -0.843. The summed E-state index contributed by atoms with van der Waals surface area (Å²) >= 11 is 0. The molecule has 1 atom stereocenters. The molecule has 0 aliphatic rings. The third-order valence-corrected chi connectivity index (χ3v) is 11.6. The number of hydrogen-bond donors (Lipinski definition) is 0. The summed E-state index contributed by atoms with van der Waals surface area (Å²) in [7, 11) is 0. The van der Waals surface area contributed by atoms with Gasteiger partial charge in [0.15, 0.2) is 6.10 Å². The second kappa shape index (κ2) is 47.1. The minimum atomic E-state index is -0.758. The van der Waals surface area contributed by atoms with E-state index >= 15 is 0 Å². The van der Waals surface area contributed by atoms with E-state index in [0.29, 0.717) is 19.3 Å². The van der Waals surface area contributed by atoms with E-state index in [1.54, 1.807) is 0 Å². The van der Waals surface area contributed by atoms with Crippen LogP contribution in [0.1, 0.15) is 290 Å². The molecule has 0 fully saturated rings. The molecule has 0 saturated carbocycles. The summed E-state index contributed by atoms with van der Waals surface area (Å²) < 4.78 is 16.8. The van der Waals surface area contributed by atoms with E-state index in [1.165, 1.54) is 193 Å². The van der Waals surface area contributed by atoms with Gasteiger partial charge in [0.05, 0.1) is 0 Å². The van der Waals surface area contributed by atoms with Gasteiger partial charge in [-0.15, -0.1) is 0 Å². The lowest BCUT2D eigenvalue weighted by atomic mass is 10.0. The Morgan fingerprint density at radius 3 is 0.702 bits per heavy atom. The second-order valence-electron chi connectivity index (χ2n) is 17.5. The van der Waals surface area contributed by atoms with Gasteiger partial charge in [0.25, 0.3) is 0 Å². The summed E-state index contributed by atoms with van der Waals surface area (Å²) in [6.07, 6.45) is 49.4. The third kappa shape index (κ3) is 45.3. The fraction of sp³-hybridized carbons (Fsp3) is 0.941. The Balaban J connectivity index is 4.28. The van der Waals surface area contributed by atoms with E-state index in [4.69, 9.17) is 14.2 Å². The van der Waals surface area contributed by atoms with E-state index in [2.05, 4.69) is 20.8 Å². The highest BCUT2D eigenvalue weighted by atomic mass is 16.6. The fourth-order valence-corrected chi connectivity index (χ4v) is 7.74. The summed E-state index contributed by atoms with van der Waals surface area (Å²) in [6, 6.07) is 0. The lowest BCUT2D eigenvalue weighted by molar-refractivity contribution is -0.167. The van der Waals surface area contributed by atoms with Crippen molar-refractivity contribution in [3.63, 3.8) is 0 Å². The number of carbonyl (C=O) groups is 3. The number of ether oxygens (including phenoxy) is 3. The Hall–Kier alpha value is -1.59. The molecule has 0 N–H and O–H groups in total. The van der Waals surface area contributed by atoms with Gasteiger partial charge in [0.2, 0.25) is 0 Å². The Morgan fingerprint density at radius 2 is 0.474 bits per heavy atom. The zero-order valence-corrected chi connectivity index (χ0v) is 38.6. The van der Waals surface area contributed by atoms with Gasteiger partial charge in [0.1, 0.15) is 13.2 Å². The molecule has 0 aliphatic carbocycles. The van der Waals surface area contributed by atoms with Crippen molar-refractivity contribution in [2.75, 3.05) is 13.2 Å². The number of unbranched alkanes of at least 4 members (excludes halogenated alkanes) is 36. The molecule has 0 spiro atoms. The van der Waals surface area contributed by atoms with Crippen LogP contribution in [0.15, 0.2) is 0 Å². The molecule has 0 aromatic heterocycles. The molecule has 6 heteroatoms. The SMILES string of the molecule is CCCCCCCCCCCCCCCCCCC(=O)OCC(COC(=O)CCCCCCCCCCCCC)OC(=O)CCCCCCCCCCCCCC. The molecule has 0 radical (unpaired) electrons. The molecule has 0 bridgehead atoms. The molecule has 0 rings (SSSR count). The Labute approximate surface area is 355 Å². The van der Waals surface area contributed by atoms with Crippen molar-refractivity contribution in [3.05, 3.63) is 0 Å². The number of esters is 3. The van der Waals surface area contributed by atoms with E-state index < -0.39 is 6.10 Å². The average molecular weight is 807 g/mol. The van der Waals surface area contributed by atoms with Crippen LogP contribution < -0.4 is 0 Å². The molecule has 338 valence electrons. The molecule has 0 aromatic rings. The molecule has 1 unspecified atom stereocenters. The first-order valence-corrected chi connectivity index (χ1v) is 25.5. The predicted octanol–water partition coefficient (Wildman–Crippen LogP) is 16.4. The first-order chi connectivity index (χ1) is 28.0.